The number of hydrogen-bond acceptors (Lipinski definition) is 2. The van der Waals surface area contributed by atoms with Crippen LogP contribution in [0.3, 0.4) is 0 Å². The molecule has 0 spiro atoms. The van der Waals surface area contributed by atoms with Crippen molar-refractivity contribution in [2.45, 2.75) is 44.9 Å². The highest BCUT2D eigenvalue weighted by Gasteiger charge is 1.98. The highest BCUT2D eigenvalue weighted by atomic mass is 16.5. The highest BCUT2D eigenvalue weighted by Crippen LogP contribution is 2.17. The van der Waals surface area contributed by atoms with Crippen LogP contribution in [0.5, 0.6) is 0 Å². The summed E-state index contributed by atoms with van der Waals surface area (Å²) < 4.78 is 4.98. The molecule has 0 saturated heterocycles. The van der Waals surface area contributed by atoms with Crippen LogP contribution >= 0.6 is 0 Å². The number of nitrogens with one attached hydrogen (secondary N) is 1. The van der Waals surface area contributed by atoms with Crippen LogP contribution in [0, 0.1) is 0 Å². The van der Waals surface area contributed by atoms with Gasteiger partial charge in [0.15, 0.2) is 0 Å². The van der Waals surface area contributed by atoms with Gasteiger partial charge in [-0.3, -0.25) is 0 Å². The predicted molar refractivity (Wildman–Crippen MR) is 74.3 cm³/mol. The largest absolute Gasteiger partial charge is 0.383 e. The lowest BCUT2D eigenvalue weighted by atomic mass is 9.99. The summed E-state index contributed by atoms with van der Waals surface area (Å²) in [4.78, 5) is 0. The van der Waals surface area contributed by atoms with Crippen LogP contribution in [-0.2, 0) is 4.74 Å². The molecule has 0 saturated carbocycles. The maximum atomic E-state index is 4.98. The van der Waals surface area contributed by atoms with Crippen LogP contribution in [0.1, 0.15) is 44.9 Å². The molecule has 0 unspecified atom stereocenters. The fraction of sp³-hybridized carbons (Fsp3) is 0.733. The third-order valence-electron chi connectivity index (χ3n) is 3.13. The van der Waals surface area contributed by atoms with Gasteiger partial charge in [-0.15, -0.1) is 0 Å². The molecule has 2 heteroatoms. The Morgan fingerprint density at radius 3 is 3.00 bits per heavy atom. The molecule has 0 aromatic rings. The SMILES string of the molecule is COCCNCC/C=C/C1=CCCCCCC1. The smallest absolute Gasteiger partial charge is 0.0587 e. The first kappa shape index (κ1) is 14.5. The van der Waals surface area contributed by atoms with Gasteiger partial charge in [-0.2, -0.15) is 0 Å². The number of allylic oxidation sites excluding steroid dienone is 3. The summed E-state index contributed by atoms with van der Waals surface area (Å²) in [7, 11) is 1.74. The Labute approximate surface area is 106 Å². The monoisotopic (exact) mass is 237 g/mol. The van der Waals surface area contributed by atoms with Crippen LogP contribution in [0.2, 0.25) is 0 Å². The second kappa shape index (κ2) is 10.5. The van der Waals surface area contributed by atoms with Gasteiger partial charge < -0.3 is 10.1 Å². The van der Waals surface area contributed by atoms with Crippen molar-refractivity contribution in [1.29, 1.82) is 0 Å². The van der Waals surface area contributed by atoms with Crippen LogP contribution < -0.4 is 5.32 Å². The van der Waals surface area contributed by atoms with Crippen molar-refractivity contribution >= 4 is 0 Å². The minimum atomic E-state index is 0.800. The highest BCUT2D eigenvalue weighted by molar-refractivity contribution is 5.18. The lowest BCUT2D eigenvalue weighted by molar-refractivity contribution is 0.199. The third kappa shape index (κ3) is 8.17. The van der Waals surface area contributed by atoms with Gasteiger partial charge in [-0.1, -0.05) is 36.6 Å². The maximum absolute atomic E-state index is 4.98. The van der Waals surface area contributed by atoms with Crippen LogP contribution in [0.15, 0.2) is 23.8 Å². The van der Waals surface area contributed by atoms with Gasteiger partial charge in [0.1, 0.15) is 0 Å². The second-order valence-corrected chi connectivity index (χ2v) is 4.67. The summed E-state index contributed by atoms with van der Waals surface area (Å²) in [6.45, 7) is 2.80. The van der Waals surface area contributed by atoms with Crippen molar-refractivity contribution in [3.05, 3.63) is 23.8 Å². The van der Waals surface area contributed by atoms with Crippen LogP contribution in [0.4, 0.5) is 0 Å². The summed E-state index contributed by atoms with van der Waals surface area (Å²) in [5.74, 6) is 0. The summed E-state index contributed by atoms with van der Waals surface area (Å²) in [6.07, 6.45) is 16.3. The van der Waals surface area contributed by atoms with Gasteiger partial charge in [0.2, 0.25) is 0 Å². The van der Waals surface area contributed by atoms with Crippen molar-refractivity contribution in [2.75, 3.05) is 26.8 Å². The minimum absolute atomic E-state index is 0.800. The van der Waals surface area contributed by atoms with E-state index in [1.165, 1.54) is 38.5 Å². The van der Waals surface area contributed by atoms with Gasteiger partial charge in [0.05, 0.1) is 6.61 Å². The average Bonchev–Trinajstić information content (AvgIpc) is 2.30. The average molecular weight is 237 g/mol. The first-order chi connectivity index (χ1) is 8.43. The predicted octanol–water partition coefficient (Wildman–Crippen LogP) is 3.45. The quantitative estimate of drug-likeness (QED) is 0.685. The number of ether oxygens (including phenoxy) is 1. The molecule has 1 rings (SSSR count). The van der Waals surface area contributed by atoms with Crippen LogP contribution in [-0.4, -0.2) is 26.8 Å². The van der Waals surface area contributed by atoms with E-state index in [4.69, 9.17) is 4.74 Å². The Kier molecular flexibility index (Phi) is 8.97. The first-order valence-electron chi connectivity index (χ1n) is 6.98. The molecule has 0 fully saturated rings. The molecule has 0 aromatic heterocycles. The standard InChI is InChI=1S/C15H27NO/c1-17-14-13-16-12-8-7-11-15-9-5-3-2-4-6-10-15/h7,9,11,16H,2-6,8,10,12-14H2,1H3/b11-7+,15-9?. The number of rotatable bonds is 7. The minimum Gasteiger partial charge on any atom is -0.383 e. The van der Waals surface area contributed by atoms with Gasteiger partial charge in [0.25, 0.3) is 0 Å². The van der Waals surface area contributed by atoms with E-state index >= 15 is 0 Å². The molecule has 0 aliphatic heterocycles. The molecule has 17 heavy (non-hydrogen) atoms. The molecule has 1 aliphatic rings. The molecule has 0 atom stereocenters. The molecular weight excluding hydrogens is 210 g/mol. The van der Waals surface area contributed by atoms with Gasteiger partial charge >= 0.3 is 0 Å². The molecular formula is C15H27NO. The van der Waals surface area contributed by atoms with Crippen molar-refractivity contribution < 1.29 is 4.74 Å². The fourth-order valence-electron chi connectivity index (χ4n) is 2.09. The normalized spacial score (nSPS) is 17.8. The zero-order valence-corrected chi connectivity index (χ0v) is 11.2. The van der Waals surface area contributed by atoms with Gasteiger partial charge in [-0.25, -0.2) is 0 Å². The van der Waals surface area contributed by atoms with E-state index in [0.717, 1.165) is 26.1 Å². The van der Waals surface area contributed by atoms with E-state index in [1.807, 2.05) is 0 Å². The number of hydrogen-bond donors (Lipinski definition) is 1. The molecule has 0 heterocycles. The van der Waals surface area contributed by atoms with Crippen molar-refractivity contribution in [2.24, 2.45) is 0 Å². The van der Waals surface area contributed by atoms with Crippen molar-refractivity contribution in [3.8, 4) is 0 Å². The topological polar surface area (TPSA) is 21.3 Å². The van der Waals surface area contributed by atoms with Crippen molar-refractivity contribution in [3.63, 3.8) is 0 Å². The zero-order valence-electron chi connectivity index (χ0n) is 11.2. The molecule has 98 valence electrons. The van der Waals surface area contributed by atoms with E-state index in [0.29, 0.717) is 0 Å². The lowest BCUT2D eigenvalue weighted by Gasteiger charge is -2.07. The Bertz CT molecular complexity index is 233. The number of methoxy groups -OCH3 is 1. The van der Waals surface area contributed by atoms with Gasteiger partial charge in [0, 0.05) is 13.7 Å². The Balaban J connectivity index is 2.09. The van der Waals surface area contributed by atoms with E-state index in [9.17, 15) is 0 Å². The molecule has 0 bridgehead atoms. The molecule has 0 aromatic carbocycles. The molecule has 2 nitrogen and oxygen atoms in total. The third-order valence-corrected chi connectivity index (χ3v) is 3.13. The van der Waals surface area contributed by atoms with E-state index in [-0.39, 0.29) is 0 Å². The molecule has 1 N–H and O–H groups in total. The molecule has 0 radical (unpaired) electrons. The van der Waals surface area contributed by atoms with E-state index in [1.54, 1.807) is 12.7 Å². The summed E-state index contributed by atoms with van der Waals surface area (Å²) in [6, 6.07) is 0. The van der Waals surface area contributed by atoms with Crippen molar-refractivity contribution in [1.82, 2.24) is 5.32 Å². The molecule has 0 amide bonds. The summed E-state index contributed by atoms with van der Waals surface area (Å²) in [5, 5.41) is 3.35. The maximum Gasteiger partial charge on any atom is 0.0587 e. The van der Waals surface area contributed by atoms with E-state index < -0.39 is 0 Å². The first-order valence-corrected chi connectivity index (χ1v) is 6.98. The zero-order chi connectivity index (χ0) is 12.2. The summed E-state index contributed by atoms with van der Waals surface area (Å²) >= 11 is 0. The van der Waals surface area contributed by atoms with Crippen LogP contribution in [0.25, 0.3) is 0 Å². The van der Waals surface area contributed by atoms with E-state index in [2.05, 4.69) is 23.5 Å². The lowest BCUT2D eigenvalue weighted by Crippen LogP contribution is -2.19. The molecule has 1 aliphatic carbocycles. The fourth-order valence-corrected chi connectivity index (χ4v) is 2.09. The summed E-state index contributed by atoms with van der Waals surface area (Å²) in [5.41, 5.74) is 1.54. The Morgan fingerprint density at radius 2 is 2.12 bits per heavy atom. The van der Waals surface area contributed by atoms with Gasteiger partial charge in [-0.05, 0) is 38.6 Å². The Hall–Kier alpha value is -0.600. The second-order valence-electron chi connectivity index (χ2n) is 4.67. The Morgan fingerprint density at radius 1 is 1.24 bits per heavy atom.